The Kier molecular flexibility index (Phi) is 4.46. The topological polar surface area (TPSA) is 12.0 Å². The van der Waals surface area contributed by atoms with Crippen molar-refractivity contribution in [3.8, 4) is 0 Å². The van der Waals surface area contributed by atoms with Crippen LogP contribution < -0.4 is 5.32 Å². The van der Waals surface area contributed by atoms with Crippen LogP contribution in [0.5, 0.6) is 0 Å². The van der Waals surface area contributed by atoms with Crippen LogP contribution in [0.1, 0.15) is 25.8 Å². The van der Waals surface area contributed by atoms with E-state index in [9.17, 15) is 0 Å². The molecule has 0 aromatic heterocycles. The second-order valence-corrected chi connectivity index (χ2v) is 4.24. The molecule has 2 heteroatoms. The molecule has 0 aliphatic heterocycles. The first-order valence-electron chi connectivity index (χ1n) is 4.70. The van der Waals surface area contributed by atoms with Gasteiger partial charge in [-0.05, 0) is 31.0 Å². The quantitative estimate of drug-likeness (QED) is 0.853. The maximum absolute atomic E-state index is 3.46. The Labute approximate surface area is 88.7 Å². The summed E-state index contributed by atoms with van der Waals surface area (Å²) in [5, 5.41) is 3.45. The van der Waals surface area contributed by atoms with Crippen molar-refractivity contribution in [2.24, 2.45) is 0 Å². The van der Waals surface area contributed by atoms with Gasteiger partial charge in [-0.3, -0.25) is 0 Å². The lowest BCUT2D eigenvalue weighted by Gasteiger charge is -2.10. The lowest BCUT2D eigenvalue weighted by Crippen LogP contribution is -2.24. The second kappa shape index (κ2) is 5.40. The number of hydrogen-bond donors (Lipinski definition) is 1. The van der Waals surface area contributed by atoms with E-state index < -0.39 is 0 Å². The molecule has 0 saturated heterocycles. The van der Waals surface area contributed by atoms with E-state index in [1.54, 1.807) is 0 Å². The predicted octanol–water partition coefficient (Wildman–Crippen LogP) is 3.34. The summed E-state index contributed by atoms with van der Waals surface area (Å²) in [6.45, 7) is 5.35. The van der Waals surface area contributed by atoms with Gasteiger partial charge in [0.2, 0.25) is 0 Å². The molecule has 0 heterocycles. The van der Waals surface area contributed by atoms with Gasteiger partial charge in [-0.15, -0.1) is 0 Å². The zero-order valence-electron chi connectivity index (χ0n) is 8.18. The molecule has 0 saturated carbocycles. The largest absolute Gasteiger partial charge is 0.310 e. The van der Waals surface area contributed by atoms with Crippen molar-refractivity contribution in [2.45, 2.75) is 32.9 Å². The van der Waals surface area contributed by atoms with Crippen LogP contribution in [0.4, 0.5) is 0 Å². The third kappa shape index (κ3) is 3.92. The monoisotopic (exact) mass is 241 g/mol. The summed E-state index contributed by atoms with van der Waals surface area (Å²) in [6.07, 6.45) is 1.17. The van der Waals surface area contributed by atoms with Crippen LogP contribution in [-0.4, -0.2) is 6.04 Å². The Balaban J connectivity index is 2.45. The lowest BCUT2D eigenvalue weighted by atomic mass is 10.2. The molecule has 1 N–H and O–H groups in total. The molecule has 1 nitrogen and oxygen atoms in total. The van der Waals surface area contributed by atoms with Gasteiger partial charge < -0.3 is 5.32 Å². The number of halogens is 1. The molecule has 0 aliphatic rings. The predicted molar refractivity (Wildman–Crippen MR) is 60.7 cm³/mol. The minimum absolute atomic E-state index is 0.596. The summed E-state index contributed by atoms with van der Waals surface area (Å²) in [4.78, 5) is 0. The first-order chi connectivity index (χ1) is 6.22. The SMILES string of the molecule is CC[C@H](C)NCc1cccc(Br)c1. The van der Waals surface area contributed by atoms with Crippen molar-refractivity contribution < 1.29 is 0 Å². The van der Waals surface area contributed by atoms with Crippen LogP contribution in [0.3, 0.4) is 0 Å². The molecule has 0 aliphatic carbocycles. The summed E-state index contributed by atoms with van der Waals surface area (Å²) in [5.74, 6) is 0. The minimum atomic E-state index is 0.596. The molecule has 0 unspecified atom stereocenters. The molecule has 1 aromatic rings. The molecular weight excluding hydrogens is 226 g/mol. The maximum Gasteiger partial charge on any atom is 0.0208 e. The third-order valence-electron chi connectivity index (χ3n) is 2.16. The van der Waals surface area contributed by atoms with Gasteiger partial charge in [-0.25, -0.2) is 0 Å². The van der Waals surface area contributed by atoms with E-state index >= 15 is 0 Å². The molecule has 13 heavy (non-hydrogen) atoms. The average molecular weight is 242 g/mol. The van der Waals surface area contributed by atoms with Crippen LogP contribution in [-0.2, 0) is 6.54 Å². The van der Waals surface area contributed by atoms with Crippen LogP contribution in [0, 0.1) is 0 Å². The molecule has 0 radical (unpaired) electrons. The fourth-order valence-electron chi connectivity index (χ4n) is 1.08. The highest BCUT2D eigenvalue weighted by atomic mass is 79.9. The van der Waals surface area contributed by atoms with Crippen LogP contribution in [0.25, 0.3) is 0 Å². The molecule has 0 spiro atoms. The van der Waals surface area contributed by atoms with Gasteiger partial charge in [0.15, 0.2) is 0 Å². The first kappa shape index (κ1) is 10.7. The van der Waals surface area contributed by atoms with E-state index in [2.05, 4.69) is 53.3 Å². The Bertz CT molecular complexity index is 260. The van der Waals surface area contributed by atoms with Gasteiger partial charge in [0.05, 0.1) is 0 Å². The average Bonchev–Trinajstić information content (AvgIpc) is 2.14. The molecule has 1 rings (SSSR count). The number of hydrogen-bond acceptors (Lipinski definition) is 1. The molecular formula is C11H16BrN. The normalized spacial score (nSPS) is 12.8. The van der Waals surface area contributed by atoms with Crippen molar-refractivity contribution in [1.82, 2.24) is 5.32 Å². The standard InChI is InChI=1S/C11H16BrN/c1-3-9(2)13-8-10-5-4-6-11(12)7-10/h4-7,9,13H,3,8H2,1-2H3/t9-/m0/s1. The van der Waals surface area contributed by atoms with Crippen molar-refractivity contribution in [3.63, 3.8) is 0 Å². The van der Waals surface area contributed by atoms with E-state index in [-0.39, 0.29) is 0 Å². The summed E-state index contributed by atoms with van der Waals surface area (Å²) in [5.41, 5.74) is 1.33. The summed E-state index contributed by atoms with van der Waals surface area (Å²) in [6, 6.07) is 9.00. The van der Waals surface area contributed by atoms with Gasteiger partial charge in [-0.2, -0.15) is 0 Å². The van der Waals surface area contributed by atoms with Crippen molar-refractivity contribution in [3.05, 3.63) is 34.3 Å². The first-order valence-corrected chi connectivity index (χ1v) is 5.49. The molecule has 72 valence electrons. The molecule has 0 bridgehead atoms. The zero-order chi connectivity index (χ0) is 9.68. The van der Waals surface area contributed by atoms with Crippen molar-refractivity contribution in [1.29, 1.82) is 0 Å². The lowest BCUT2D eigenvalue weighted by molar-refractivity contribution is 0.534. The number of nitrogens with one attached hydrogen (secondary N) is 1. The highest BCUT2D eigenvalue weighted by Crippen LogP contribution is 2.11. The van der Waals surface area contributed by atoms with Gasteiger partial charge in [0.25, 0.3) is 0 Å². The number of benzene rings is 1. The van der Waals surface area contributed by atoms with Gasteiger partial charge in [0.1, 0.15) is 0 Å². The Hall–Kier alpha value is -0.340. The Morgan fingerprint density at radius 3 is 2.85 bits per heavy atom. The van der Waals surface area contributed by atoms with Gasteiger partial charge >= 0.3 is 0 Å². The van der Waals surface area contributed by atoms with E-state index in [1.807, 2.05) is 6.07 Å². The highest BCUT2D eigenvalue weighted by molar-refractivity contribution is 9.10. The fraction of sp³-hybridized carbons (Fsp3) is 0.455. The minimum Gasteiger partial charge on any atom is -0.310 e. The third-order valence-corrected chi connectivity index (χ3v) is 2.65. The summed E-state index contributed by atoms with van der Waals surface area (Å²) in [7, 11) is 0. The van der Waals surface area contributed by atoms with E-state index in [1.165, 1.54) is 12.0 Å². The van der Waals surface area contributed by atoms with Crippen LogP contribution >= 0.6 is 15.9 Å². The smallest absolute Gasteiger partial charge is 0.0208 e. The van der Waals surface area contributed by atoms with Gasteiger partial charge in [0, 0.05) is 17.1 Å². The zero-order valence-corrected chi connectivity index (χ0v) is 9.76. The van der Waals surface area contributed by atoms with Crippen LogP contribution in [0.2, 0.25) is 0 Å². The van der Waals surface area contributed by atoms with Crippen molar-refractivity contribution in [2.75, 3.05) is 0 Å². The Morgan fingerprint density at radius 1 is 1.46 bits per heavy atom. The summed E-state index contributed by atoms with van der Waals surface area (Å²) < 4.78 is 1.15. The number of rotatable bonds is 4. The molecule has 0 amide bonds. The fourth-order valence-corrected chi connectivity index (χ4v) is 1.53. The molecule has 1 aromatic carbocycles. The summed E-state index contributed by atoms with van der Waals surface area (Å²) >= 11 is 3.46. The second-order valence-electron chi connectivity index (χ2n) is 3.32. The molecule has 0 fully saturated rings. The maximum atomic E-state index is 3.46. The van der Waals surface area contributed by atoms with Crippen molar-refractivity contribution >= 4 is 15.9 Å². The van der Waals surface area contributed by atoms with Gasteiger partial charge in [-0.1, -0.05) is 35.0 Å². The van der Waals surface area contributed by atoms with E-state index in [0.717, 1.165) is 11.0 Å². The van der Waals surface area contributed by atoms with Crippen LogP contribution in [0.15, 0.2) is 28.7 Å². The molecule has 1 atom stereocenters. The Morgan fingerprint density at radius 2 is 2.23 bits per heavy atom. The van der Waals surface area contributed by atoms with E-state index in [0.29, 0.717) is 6.04 Å². The van der Waals surface area contributed by atoms with E-state index in [4.69, 9.17) is 0 Å². The highest BCUT2D eigenvalue weighted by Gasteiger charge is 1.97.